The van der Waals surface area contributed by atoms with Crippen LogP contribution in [0.15, 0.2) is 42.5 Å². The Morgan fingerprint density at radius 2 is 1.78 bits per heavy atom. The van der Waals surface area contributed by atoms with Gasteiger partial charge in [-0.3, -0.25) is 0 Å². The highest BCUT2D eigenvalue weighted by Crippen LogP contribution is 2.25. The third kappa shape index (κ3) is 2.30. The number of aromatic nitrogens is 7. The second kappa shape index (κ2) is 5.16. The summed E-state index contributed by atoms with van der Waals surface area (Å²) in [5.41, 5.74) is 4.44. The molecule has 0 bridgehead atoms. The number of aryl methyl sites for hydroxylation is 1. The van der Waals surface area contributed by atoms with Crippen LogP contribution >= 0.6 is 0 Å². The van der Waals surface area contributed by atoms with Crippen LogP contribution in [0.3, 0.4) is 0 Å². The van der Waals surface area contributed by atoms with Crippen molar-refractivity contribution in [3.05, 3.63) is 53.9 Å². The van der Waals surface area contributed by atoms with Crippen molar-refractivity contribution in [2.24, 2.45) is 0 Å². The van der Waals surface area contributed by atoms with E-state index in [0.717, 1.165) is 22.8 Å². The topological polar surface area (TPSA) is 85.8 Å². The molecule has 0 aliphatic rings. The Kier molecular flexibility index (Phi) is 3.00. The van der Waals surface area contributed by atoms with Gasteiger partial charge >= 0.3 is 0 Å². The van der Waals surface area contributed by atoms with E-state index in [0.29, 0.717) is 11.5 Å². The van der Waals surface area contributed by atoms with Crippen molar-refractivity contribution in [3.63, 3.8) is 0 Å². The van der Waals surface area contributed by atoms with E-state index in [2.05, 4.69) is 31.0 Å². The smallest absolute Gasteiger partial charge is 0.200 e. The minimum absolute atomic E-state index is 0.601. The molecule has 0 amide bonds. The average molecular weight is 306 g/mol. The fourth-order valence-corrected chi connectivity index (χ4v) is 2.49. The third-order valence-corrected chi connectivity index (χ3v) is 3.61. The first kappa shape index (κ1) is 13.4. The van der Waals surface area contributed by atoms with Crippen LogP contribution in [-0.2, 0) is 0 Å². The summed E-state index contributed by atoms with van der Waals surface area (Å²) >= 11 is 0. The first-order chi connectivity index (χ1) is 11.2. The average Bonchev–Trinajstić information content (AvgIpc) is 3.15. The standard InChI is InChI=1S/C15H14N8/c1-10-15(11(2)22(18-10)12-6-4-3-5-7-12)16-13-8-9-14-17-20-21-23(14)19-13/h3-9H,1-2H3,(H,16,19). The molecular formula is C15H14N8. The highest BCUT2D eigenvalue weighted by Gasteiger charge is 2.13. The van der Waals surface area contributed by atoms with Crippen LogP contribution in [0.4, 0.5) is 11.5 Å². The molecule has 23 heavy (non-hydrogen) atoms. The summed E-state index contributed by atoms with van der Waals surface area (Å²) in [6, 6.07) is 13.7. The van der Waals surface area contributed by atoms with Crippen LogP contribution < -0.4 is 5.32 Å². The molecular weight excluding hydrogens is 292 g/mol. The largest absolute Gasteiger partial charge is 0.336 e. The van der Waals surface area contributed by atoms with Gasteiger partial charge < -0.3 is 5.32 Å². The zero-order valence-corrected chi connectivity index (χ0v) is 12.7. The molecule has 0 spiro atoms. The fourth-order valence-electron chi connectivity index (χ4n) is 2.49. The number of rotatable bonds is 3. The second-order valence-electron chi connectivity index (χ2n) is 5.16. The summed E-state index contributed by atoms with van der Waals surface area (Å²) in [6.45, 7) is 3.98. The van der Waals surface area contributed by atoms with Gasteiger partial charge in [0, 0.05) is 0 Å². The first-order valence-electron chi connectivity index (χ1n) is 7.16. The molecule has 0 fully saturated rings. The minimum Gasteiger partial charge on any atom is -0.336 e. The predicted octanol–water partition coefficient (Wildman–Crippen LogP) is 2.07. The van der Waals surface area contributed by atoms with E-state index in [4.69, 9.17) is 0 Å². The number of hydrogen-bond acceptors (Lipinski definition) is 6. The third-order valence-electron chi connectivity index (χ3n) is 3.61. The van der Waals surface area contributed by atoms with Crippen molar-refractivity contribution >= 4 is 17.2 Å². The molecule has 0 saturated heterocycles. The Bertz CT molecular complexity index is 970. The normalized spacial score (nSPS) is 11.0. The number of nitrogens with zero attached hydrogens (tertiary/aromatic N) is 7. The van der Waals surface area contributed by atoms with Crippen molar-refractivity contribution in [2.45, 2.75) is 13.8 Å². The van der Waals surface area contributed by atoms with Gasteiger partial charge in [-0.2, -0.15) is 5.10 Å². The lowest BCUT2D eigenvalue weighted by atomic mass is 10.3. The van der Waals surface area contributed by atoms with Gasteiger partial charge in [0.2, 0.25) is 0 Å². The molecule has 1 aromatic carbocycles. The van der Waals surface area contributed by atoms with Gasteiger partial charge in [0.15, 0.2) is 11.5 Å². The minimum atomic E-state index is 0.601. The summed E-state index contributed by atoms with van der Waals surface area (Å²) in [4.78, 5) is 0. The molecule has 0 unspecified atom stereocenters. The maximum Gasteiger partial charge on any atom is 0.200 e. The van der Waals surface area contributed by atoms with Gasteiger partial charge in [0.25, 0.3) is 0 Å². The number of hydrogen-bond donors (Lipinski definition) is 1. The van der Waals surface area contributed by atoms with Crippen molar-refractivity contribution in [2.75, 3.05) is 5.32 Å². The Labute approximate surface area is 131 Å². The van der Waals surface area contributed by atoms with Crippen LogP contribution in [0.2, 0.25) is 0 Å². The molecule has 8 heteroatoms. The maximum atomic E-state index is 4.61. The van der Waals surface area contributed by atoms with Crippen LogP contribution in [-0.4, -0.2) is 35.0 Å². The van der Waals surface area contributed by atoms with Gasteiger partial charge in [-0.05, 0) is 48.5 Å². The van der Waals surface area contributed by atoms with Crippen LogP contribution in [0.25, 0.3) is 11.3 Å². The van der Waals surface area contributed by atoms with Crippen molar-refractivity contribution in [3.8, 4) is 5.69 Å². The Morgan fingerprint density at radius 3 is 2.61 bits per heavy atom. The van der Waals surface area contributed by atoms with E-state index >= 15 is 0 Å². The van der Waals surface area contributed by atoms with Gasteiger partial charge in [-0.1, -0.05) is 18.2 Å². The lowest BCUT2D eigenvalue weighted by Gasteiger charge is -2.07. The van der Waals surface area contributed by atoms with Crippen molar-refractivity contribution in [1.29, 1.82) is 0 Å². The second-order valence-corrected chi connectivity index (χ2v) is 5.16. The lowest BCUT2D eigenvalue weighted by Crippen LogP contribution is -2.02. The van der Waals surface area contributed by atoms with Crippen molar-refractivity contribution < 1.29 is 0 Å². The zero-order valence-electron chi connectivity index (χ0n) is 12.7. The van der Waals surface area contributed by atoms with Gasteiger partial charge in [-0.25, -0.2) is 4.68 Å². The molecule has 3 heterocycles. The van der Waals surface area contributed by atoms with Crippen LogP contribution in [0.5, 0.6) is 0 Å². The SMILES string of the molecule is Cc1nn(-c2ccccc2)c(C)c1Nc1ccc2nnnn2n1. The van der Waals surface area contributed by atoms with E-state index in [1.165, 1.54) is 4.63 Å². The summed E-state index contributed by atoms with van der Waals surface area (Å²) in [5.74, 6) is 0.656. The summed E-state index contributed by atoms with van der Waals surface area (Å²) in [5, 5.41) is 23.5. The Hall–Kier alpha value is -3.29. The number of para-hydroxylation sites is 1. The molecule has 3 aromatic heterocycles. The first-order valence-corrected chi connectivity index (χ1v) is 7.16. The number of anilines is 2. The predicted molar refractivity (Wildman–Crippen MR) is 84.9 cm³/mol. The van der Waals surface area contributed by atoms with Crippen molar-refractivity contribution in [1.82, 2.24) is 35.0 Å². The Morgan fingerprint density at radius 1 is 0.957 bits per heavy atom. The zero-order chi connectivity index (χ0) is 15.8. The molecule has 4 aromatic rings. The maximum absolute atomic E-state index is 4.61. The van der Waals surface area contributed by atoms with Crippen LogP contribution in [0, 0.1) is 13.8 Å². The fraction of sp³-hybridized carbons (Fsp3) is 0.133. The molecule has 0 aliphatic carbocycles. The molecule has 1 N–H and O–H groups in total. The highest BCUT2D eigenvalue weighted by molar-refractivity contribution is 5.63. The molecule has 0 saturated carbocycles. The summed E-state index contributed by atoms with van der Waals surface area (Å²) in [7, 11) is 0. The lowest BCUT2D eigenvalue weighted by molar-refractivity contribution is 0.736. The van der Waals surface area contributed by atoms with Gasteiger partial charge in [0.05, 0.1) is 22.8 Å². The number of benzene rings is 1. The highest BCUT2D eigenvalue weighted by atomic mass is 15.6. The van der Waals surface area contributed by atoms with E-state index in [1.807, 2.05) is 61.0 Å². The summed E-state index contributed by atoms with van der Waals surface area (Å²) in [6.07, 6.45) is 0. The molecule has 4 rings (SSSR count). The van der Waals surface area contributed by atoms with E-state index < -0.39 is 0 Å². The number of nitrogens with one attached hydrogen (secondary N) is 1. The molecule has 8 nitrogen and oxygen atoms in total. The van der Waals surface area contributed by atoms with E-state index in [9.17, 15) is 0 Å². The Balaban J connectivity index is 1.73. The van der Waals surface area contributed by atoms with E-state index in [1.54, 1.807) is 0 Å². The number of tetrazole rings is 1. The van der Waals surface area contributed by atoms with Crippen LogP contribution in [0.1, 0.15) is 11.4 Å². The summed E-state index contributed by atoms with van der Waals surface area (Å²) < 4.78 is 3.29. The molecule has 0 atom stereocenters. The quantitative estimate of drug-likeness (QED) is 0.623. The number of fused-ring (bicyclic) bond motifs is 1. The van der Waals surface area contributed by atoms with Gasteiger partial charge in [0.1, 0.15) is 0 Å². The molecule has 114 valence electrons. The molecule has 0 aliphatic heterocycles. The monoisotopic (exact) mass is 306 g/mol. The molecule has 0 radical (unpaired) electrons. The van der Waals surface area contributed by atoms with Gasteiger partial charge in [-0.15, -0.1) is 14.8 Å². The van der Waals surface area contributed by atoms with E-state index in [-0.39, 0.29) is 0 Å².